The summed E-state index contributed by atoms with van der Waals surface area (Å²) in [7, 11) is 1.66. The highest BCUT2D eigenvalue weighted by atomic mass is 35.5. The lowest BCUT2D eigenvalue weighted by Gasteiger charge is -2.14. The summed E-state index contributed by atoms with van der Waals surface area (Å²) in [6.07, 6.45) is 22.7. The predicted molar refractivity (Wildman–Crippen MR) is 223 cm³/mol. The van der Waals surface area contributed by atoms with Gasteiger partial charge < -0.3 is 24.8 Å². The molecule has 0 unspecified atom stereocenters. The molecule has 2 aromatic carbocycles. The molecule has 1 heterocycles. The van der Waals surface area contributed by atoms with Crippen LogP contribution in [0.15, 0.2) is 36.4 Å². The number of fused-ring (bicyclic) bond motifs is 2. The number of hydrogen-bond acceptors (Lipinski definition) is 6. The average molecular weight is 746 g/mol. The van der Waals surface area contributed by atoms with Gasteiger partial charge in [-0.15, -0.1) is 0 Å². The SMILES string of the molecule is CCCCCCCCCCCCC#CC#CCCCCCCCCC(=O)NCCOCCOCCNc1c2ccc(Cl)cc2nc2ccc(OC)cc12. The summed E-state index contributed by atoms with van der Waals surface area (Å²) in [5.74, 6) is 13.3. The third kappa shape index (κ3) is 19.4. The molecule has 0 bridgehead atoms. The molecule has 53 heavy (non-hydrogen) atoms. The Hall–Kier alpha value is -3.49. The largest absolute Gasteiger partial charge is 0.497 e. The van der Waals surface area contributed by atoms with Crippen LogP contribution in [0.2, 0.25) is 5.02 Å². The summed E-state index contributed by atoms with van der Waals surface area (Å²) >= 11 is 6.23. The highest BCUT2D eigenvalue weighted by molar-refractivity contribution is 6.31. The fourth-order valence-electron chi connectivity index (χ4n) is 6.26. The van der Waals surface area contributed by atoms with Crippen LogP contribution in [0.1, 0.15) is 129 Å². The third-order valence-electron chi connectivity index (χ3n) is 9.28. The van der Waals surface area contributed by atoms with Crippen molar-refractivity contribution in [2.75, 3.05) is 51.9 Å². The molecule has 0 fully saturated rings. The van der Waals surface area contributed by atoms with E-state index in [1.54, 1.807) is 7.11 Å². The molecule has 1 aromatic heterocycles. The van der Waals surface area contributed by atoms with Gasteiger partial charge in [-0.05, 0) is 67.5 Å². The number of rotatable bonds is 29. The molecule has 7 nitrogen and oxygen atoms in total. The number of nitrogens with one attached hydrogen (secondary N) is 2. The summed E-state index contributed by atoms with van der Waals surface area (Å²) < 4.78 is 16.9. The number of ether oxygens (including phenoxy) is 3. The summed E-state index contributed by atoms with van der Waals surface area (Å²) in [6, 6.07) is 11.6. The first-order chi connectivity index (χ1) is 26.1. The van der Waals surface area contributed by atoms with Crippen LogP contribution in [-0.4, -0.2) is 57.5 Å². The van der Waals surface area contributed by atoms with Crippen LogP contribution in [0.5, 0.6) is 5.75 Å². The van der Waals surface area contributed by atoms with E-state index in [9.17, 15) is 4.79 Å². The van der Waals surface area contributed by atoms with Crippen molar-refractivity contribution < 1.29 is 19.0 Å². The number of benzene rings is 2. The second-order valence-electron chi connectivity index (χ2n) is 13.7. The first-order valence-corrected chi connectivity index (χ1v) is 20.7. The van der Waals surface area contributed by atoms with Crippen molar-refractivity contribution in [3.05, 3.63) is 41.4 Å². The van der Waals surface area contributed by atoms with Crippen molar-refractivity contribution in [1.82, 2.24) is 10.3 Å². The standard InChI is InChI=1S/C45H64ClN3O4/c1-3-4-5-6-7-8-9-10-11-12-13-14-15-16-17-18-19-20-21-22-23-24-25-44(50)47-30-32-52-34-35-53-33-31-48-45-40-28-26-38(46)36-43(40)49-42-29-27-39(51-2)37-41(42)45/h26-29,36-37H,3-13,18-25,30-35H2,1-2H3,(H,47,50)(H,48,49). The van der Waals surface area contributed by atoms with Crippen molar-refractivity contribution in [1.29, 1.82) is 0 Å². The Morgan fingerprint density at radius 3 is 1.92 bits per heavy atom. The maximum Gasteiger partial charge on any atom is 0.220 e. The minimum atomic E-state index is 0.0940. The predicted octanol–water partition coefficient (Wildman–Crippen LogP) is 11.0. The summed E-state index contributed by atoms with van der Waals surface area (Å²) in [5.41, 5.74) is 2.67. The van der Waals surface area contributed by atoms with Crippen molar-refractivity contribution in [3.63, 3.8) is 0 Å². The lowest BCUT2D eigenvalue weighted by Crippen LogP contribution is -2.27. The quantitative estimate of drug-likeness (QED) is 0.0418. The lowest BCUT2D eigenvalue weighted by atomic mass is 10.1. The summed E-state index contributed by atoms with van der Waals surface area (Å²) in [4.78, 5) is 16.9. The van der Waals surface area contributed by atoms with Crippen molar-refractivity contribution in [3.8, 4) is 29.4 Å². The summed E-state index contributed by atoms with van der Waals surface area (Å²) in [6.45, 7) is 5.36. The van der Waals surface area contributed by atoms with Gasteiger partial charge in [0.15, 0.2) is 0 Å². The molecule has 0 saturated heterocycles. The third-order valence-corrected chi connectivity index (χ3v) is 9.52. The Bertz CT molecular complexity index is 1590. The minimum Gasteiger partial charge on any atom is -0.497 e. The van der Waals surface area contributed by atoms with Crippen molar-refractivity contribution in [2.24, 2.45) is 0 Å². The lowest BCUT2D eigenvalue weighted by molar-refractivity contribution is -0.121. The van der Waals surface area contributed by atoms with E-state index in [2.05, 4.69) is 41.2 Å². The van der Waals surface area contributed by atoms with Gasteiger partial charge in [-0.3, -0.25) is 4.79 Å². The van der Waals surface area contributed by atoms with E-state index in [0.29, 0.717) is 51.0 Å². The molecule has 290 valence electrons. The number of carbonyl (C=O) groups is 1. The topological polar surface area (TPSA) is 81.7 Å². The van der Waals surface area contributed by atoms with E-state index in [1.165, 1.54) is 77.0 Å². The number of carbonyl (C=O) groups excluding carboxylic acids is 1. The van der Waals surface area contributed by atoms with Gasteiger partial charge in [0.1, 0.15) is 5.75 Å². The molecule has 3 rings (SSSR count). The smallest absolute Gasteiger partial charge is 0.220 e. The normalized spacial score (nSPS) is 10.8. The molecule has 3 aromatic rings. The number of nitrogens with zero attached hydrogens (tertiary/aromatic N) is 1. The average Bonchev–Trinajstić information content (AvgIpc) is 3.16. The van der Waals surface area contributed by atoms with Gasteiger partial charge >= 0.3 is 0 Å². The maximum atomic E-state index is 12.2. The number of aromatic nitrogens is 1. The highest BCUT2D eigenvalue weighted by Crippen LogP contribution is 2.34. The van der Waals surface area contributed by atoms with E-state index in [1.807, 2.05) is 36.4 Å². The second kappa shape index (κ2) is 28.9. The molecule has 0 atom stereocenters. The monoisotopic (exact) mass is 745 g/mol. The van der Waals surface area contributed by atoms with Crippen LogP contribution < -0.4 is 15.4 Å². The van der Waals surface area contributed by atoms with E-state index >= 15 is 0 Å². The van der Waals surface area contributed by atoms with Gasteiger partial charge in [-0.25, -0.2) is 4.98 Å². The number of pyridine rings is 1. The Morgan fingerprint density at radius 2 is 1.28 bits per heavy atom. The minimum absolute atomic E-state index is 0.0940. The molecule has 0 aliphatic rings. The van der Waals surface area contributed by atoms with Gasteiger partial charge in [0.25, 0.3) is 0 Å². The van der Waals surface area contributed by atoms with Gasteiger partial charge in [0, 0.05) is 48.1 Å². The molecule has 1 amide bonds. The van der Waals surface area contributed by atoms with E-state index in [4.69, 9.17) is 30.8 Å². The molecule has 8 heteroatoms. The van der Waals surface area contributed by atoms with Gasteiger partial charge in [-0.1, -0.05) is 114 Å². The second-order valence-corrected chi connectivity index (χ2v) is 14.1. The zero-order valence-corrected chi connectivity index (χ0v) is 33.4. The molecule has 0 spiro atoms. The molecule has 2 N–H and O–H groups in total. The highest BCUT2D eigenvalue weighted by Gasteiger charge is 2.11. The number of halogens is 1. The molecular formula is C45H64ClN3O4. The number of unbranched alkanes of at least 4 members (excludes halogenated alkanes) is 16. The number of methoxy groups -OCH3 is 1. The molecule has 0 aliphatic carbocycles. The molecule has 0 aliphatic heterocycles. The Kier molecular flexibility index (Phi) is 24.0. The van der Waals surface area contributed by atoms with E-state index in [0.717, 1.165) is 71.8 Å². The van der Waals surface area contributed by atoms with Crippen LogP contribution in [0, 0.1) is 23.7 Å². The Balaban J connectivity index is 1.09. The number of hydrogen-bond donors (Lipinski definition) is 2. The zero-order chi connectivity index (χ0) is 37.6. The molecule has 0 saturated carbocycles. The fraction of sp³-hybridized carbons (Fsp3) is 0.600. The van der Waals surface area contributed by atoms with Crippen molar-refractivity contribution in [2.45, 2.75) is 129 Å². The first kappa shape index (κ1) is 43.9. The molecular weight excluding hydrogens is 682 g/mol. The van der Waals surface area contributed by atoms with Crippen LogP contribution in [0.3, 0.4) is 0 Å². The Morgan fingerprint density at radius 1 is 0.679 bits per heavy atom. The van der Waals surface area contributed by atoms with Gasteiger partial charge in [0.2, 0.25) is 5.91 Å². The van der Waals surface area contributed by atoms with Gasteiger partial charge in [0.05, 0.1) is 50.3 Å². The maximum absolute atomic E-state index is 12.2. The van der Waals surface area contributed by atoms with Crippen LogP contribution in [0.25, 0.3) is 21.8 Å². The van der Waals surface area contributed by atoms with E-state index in [-0.39, 0.29) is 5.91 Å². The zero-order valence-electron chi connectivity index (χ0n) is 32.6. The van der Waals surface area contributed by atoms with Crippen LogP contribution in [-0.2, 0) is 14.3 Å². The number of anilines is 1. The number of amides is 1. The van der Waals surface area contributed by atoms with Crippen LogP contribution in [0.4, 0.5) is 5.69 Å². The van der Waals surface area contributed by atoms with Crippen LogP contribution >= 0.6 is 11.6 Å². The molecule has 0 radical (unpaired) electrons. The van der Waals surface area contributed by atoms with Crippen molar-refractivity contribution >= 4 is 45.0 Å². The van der Waals surface area contributed by atoms with E-state index < -0.39 is 0 Å². The summed E-state index contributed by atoms with van der Waals surface area (Å²) in [5, 5.41) is 9.09. The first-order valence-electron chi connectivity index (χ1n) is 20.3. The fourth-order valence-corrected chi connectivity index (χ4v) is 6.42. The van der Waals surface area contributed by atoms with Gasteiger partial charge in [-0.2, -0.15) is 0 Å². The Labute approximate surface area is 325 Å².